The van der Waals surface area contributed by atoms with Gasteiger partial charge in [-0.25, -0.2) is 8.42 Å². The largest absolute Gasteiger partial charge is 0.340 e. The molecular weight excluding hydrogens is 362 g/mol. The zero-order valence-electron chi connectivity index (χ0n) is 16.3. The van der Waals surface area contributed by atoms with E-state index in [0.29, 0.717) is 43.4 Å². The molecule has 0 unspecified atom stereocenters. The van der Waals surface area contributed by atoms with Crippen molar-refractivity contribution in [3.63, 3.8) is 0 Å². The Balaban J connectivity index is 1.58. The number of amides is 1. The molecule has 7 heteroatoms. The number of benzene rings is 1. The van der Waals surface area contributed by atoms with Crippen molar-refractivity contribution < 1.29 is 13.2 Å². The maximum absolute atomic E-state index is 12.9. The second-order valence-corrected chi connectivity index (χ2v) is 10.0. The van der Waals surface area contributed by atoms with Gasteiger partial charge in [-0.05, 0) is 42.4 Å². The minimum Gasteiger partial charge on any atom is -0.340 e. The Labute approximate surface area is 162 Å². The first kappa shape index (κ1) is 20.3. The highest BCUT2D eigenvalue weighted by molar-refractivity contribution is 7.89. The van der Waals surface area contributed by atoms with Gasteiger partial charge >= 0.3 is 0 Å². The third-order valence-electron chi connectivity index (χ3n) is 5.93. The molecule has 1 aliphatic heterocycles. The lowest BCUT2D eigenvalue weighted by Crippen LogP contribution is -2.51. The van der Waals surface area contributed by atoms with Gasteiger partial charge in [-0.3, -0.25) is 4.79 Å². The lowest BCUT2D eigenvalue weighted by atomic mass is 9.99. The standard InChI is InChI=1S/C20H31N3O3S/c1-15(2)16-6-8-18(9-7-16)27(25,26)23-12-10-22(11-13-23)20(24)14-17-4-3-5-19(17)21/h6-9,15,17,19H,3-5,10-14,21H2,1-2H3/t17-,19+/m0/s1. The number of carbonyl (C=O) groups excluding carboxylic acids is 1. The van der Waals surface area contributed by atoms with E-state index < -0.39 is 10.0 Å². The van der Waals surface area contributed by atoms with Crippen molar-refractivity contribution in [1.29, 1.82) is 0 Å². The molecule has 2 atom stereocenters. The molecule has 2 N–H and O–H groups in total. The topological polar surface area (TPSA) is 83.7 Å². The lowest BCUT2D eigenvalue weighted by molar-refractivity contribution is -0.133. The molecule has 0 spiro atoms. The van der Waals surface area contributed by atoms with Crippen LogP contribution in [0.1, 0.15) is 51.0 Å². The molecule has 2 fully saturated rings. The van der Waals surface area contributed by atoms with Crippen molar-refractivity contribution in [2.45, 2.75) is 56.4 Å². The summed E-state index contributed by atoms with van der Waals surface area (Å²) < 4.78 is 27.2. The summed E-state index contributed by atoms with van der Waals surface area (Å²) in [5, 5.41) is 0. The molecule has 1 saturated heterocycles. The van der Waals surface area contributed by atoms with E-state index in [2.05, 4.69) is 13.8 Å². The monoisotopic (exact) mass is 393 g/mol. The van der Waals surface area contributed by atoms with Crippen LogP contribution in [0.5, 0.6) is 0 Å². The van der Waals surface area contributed by atoms with Gasteiger partial charge in [0.15, 0.2) is 0 Å². The van der Waals surface area contributed by atoms with Crippen molar-refractivity contribution >= 4 is 15.9 Å². The van der Waals surface area contributed by atoms with Gasteiger partial charge < -0.3 is 10.6 Å². The first-order valence-electron chi connectivity index (χ1n) is 9.92. The number of hydrogen-bond donors (Lipinski definition) is 1. The molecule has 1 saturated carbocycles. The Bertz CT molecular complexity index is 753. The molecule has 3 rings (SSSR count). The van der Waals surface area contributed by atoms with E-state index in [9.17, 15) is 13.2 Å². The molecule has 1 aromatic carbocycles. The highest BCUT2D eigenvalue weighted by Gasteiger charge is 2.32. The van der Waals surface area contributed by atoms with Crippen LogP contribution in [0.25, 0.3) is 0 Å². The predicted octanol–water partition coefficient (Wildman–Crippen LogP) is 2.16. The fourth-order valence-electron chi connectivity index (χ4n) is 4.02. The SMILES string of the molecule is CC(C)c1ccc(S(=O)(=O)N2CCN(C(=O)C[C@@H]3CCC[C@H]3N)CC2)cc1. The Morgan fingerprint density at radius 1 is 1.11 bits per heavy atom. The van der Waals surface area contributed by atoms with E-state index in [1.165, 1.54) is 4.31 Å². The van der Waals surface area contributed by atoms with Crippen LogP contribution >= 0.6 is 0 Å². The van der Waals surface area contributed by atoms with Crippen LogP contribution in [0.15, 0.2) is 29.2 Å². The maximum Gasteiger partial charge on any atom is 0.243 e. The fourth-order valence-corrected chi connectivity index (χ4v) is 5.45. The second-order valence-electron chi connectivity index (χ2n) is 8.07. The lowest BCUT2D eigenvalue weighted by Gasteiger charge is -2.34. The summed E-state index contributed by atoms with van der Waals surface area (Å²) >= 11 is 0. The van der Waals surface area contributed by atoms with E-state index in [4.69, 9.17) is 5.73 Å². The van der Waals surface area contributed by atoms with Gasteiger partial charge in [0.1, 0.15) is 0 Å². The molecule has 6 nitrogen and oxygen atoms in total. The van der Waals surface area contributed by atoms with Gasteiger partial charge in [-0.15, -0.1) is 0 Å². The Morgan fingerprint density at radius 2 is 1.74 bits per heavy atom. The summed E-state index contributed by atoms with van der Waals surface area (Å²) in [5.41, 5.74) is 7.19. The number of nitrogens with two attached hydrogens (primary N) is 1. The number of sulfonamides is 1. The normalized spacial score (nSPS) is 24.5. The summed E-state index contributed by atoms with van der Waals surface area (Å²) in [6, 6.07) is 7.25. The minimum absolute atomic E-state index is 0.107. The summed E-state index contributed by atoms with van der Waals surface area (Å²) in [4.78, 5) is 14.6. The van der Waals surface area contributed by atoms with Crippen LogP contribution in [0, 0.1) is 5.92 Å². The van der Waals surface area contributed by atoms with Crippen molar-refractivity contribution in [1.82, 2.24) is 9.21 Å². The molecule has 0 aromatic heterocycles. The molecule has 1 aliphatic carbocycles. The highest BCUT2D eigenvalue weighted by Crippen LogP contribution is 2.28. The zero-order valence-corrected chi connectivity index (χ0v) is 17.1. The van der Waals surface area contributed by atoms with E-state index in [1.807, 2.05) is 12.1 Å². The number of carbonyl (C=O) groups is 1. The molecule has 150 valence electrons. The Kier molecular flexibility index (Phi) is 6.23. The van der Waals surface area contributed by atoms with Crippen molar-refractivity contribution in [3.05, 3.63) is 29.8 Å². The summed E-state index contributed by atoms with van der Waals surface area (Å²) in [7, 11) is -3.51. The Hall–Kier alpha value is -1.44. The van der Waals surface area contributed by atoms with Crippen LogP contribution in [0.4, 0.5) is 0 Å². The molecule has 0 radical (unpaired) electrons. The molecule has 2 aliphatic rings. The third-order valence-corrected chi connectivity index (χ3v) is 7.84. The van der Waals surface area contributed by atoms with Crippen LogP contribution in [0.3, 0.4) is 0 Å². The van der Waals surface area contributed by atoms with Crippen LogP contribution in [-0.2, 0) is 14.8 Å². The van der Waals surface area contributed by atoms with Gasteiger partial charge in [-0.2, -0.15) is 4.31 Å². The van der Waals surface area contributed by atoms with Crippen molar-refractivity contribution in [3.8, 4) is 0 Å². The van der Waals surface area contributed by atoms with Gasteiger partial charge in [0, 0.05) is 38.6 Å². The predicted molar refractivity (Wildman–Crippen MR) is 106 cm³/mol. The first-order valence-corrected chi connectivity index (χ1v) is 11.4. The quantitative estimate of drug-likeness (QED) is 0.831. The molecule has 1 heterocycles. The average molecular weight is 394 g/mol. The number of rotatable bonds is 5. The number of nitrogens with zero attached hydrogens (tertiary/aromatic N) is 2. The Morgan fingerprint density at radius 3 is 2.26 bits per heavy atom. The molecular formula is C20H31N3O3S. The summed E-state index contributed by atoms with van der Waals surface area (Å²) in [5.74, 6) is 0.749. The van der Waals surface area contributed by atoms with Gasteiger partial charge in [0.05, 0.1) is 4.90 Å². The van der Waals surface area contributed by atoms with Crippen LogP contribution < -0.4 is 5.73 Å². The van der Waals surface area contributed by atoms with Gasteiger partial charge in [0.2, 0.25) is 15.9 Å². The molecule has 27 heavy (non-hydrogen) atoms. The smallest absolute Gasteiger partial charge is 0.243 e. The van der Waals surface area contributed by atoms with Crippen molar-refractivity contribution in [2.75, 3.05) is 26.2 Å². The maximum atomic E-state index is 12.9. The van der Waals surface area contributed by atoms with E-state index in [-0.39, 0.29) is 17.9 Å². The zero-order chi connectivity index (χ0) is 19.6. The second kappa shape index (κ2) is 8.29. The average Bonchev–Trinajstić information content (AvgIpc) is 3.06. The fraction of sp³-hybridized carbons (Fsp3) is 0.650. The summed E-state index contributed by atoms with van der Waals surface area (Å²) in [6.07, 6.45) is 3.61. The van der Waals surface area contributed by atoms with E-state index >= 15 is 0 Å². The minimum atomic E-state index is -3.51. The molecule has 0 bridgehead atoms. The number of piperazine rings is 1. The number of hydrogen-bond acceptors (Lipinski definition) is 4. The van der Waals surface area contributed by atoms with E-state index in [0.717, 1.165) is 24.8 Å². The van der Waals surface area contributed by atoms with E-state index in [1.54, 1.807) is 17.0 Å². The molecule has 1 amide bonds. The van der Waals surface area contributed by atoms with Gasteiger partial charge in [-0.1, -0.05) is 32.4 Å². The summed E-state index contributed by atoms with van der Waals surface area (Å²) in [6.45, 7) is 5.75. The third kappa shape index (κ3) is 4.52. The van der Waals surface area contributed by atoms with Crippen molar-refractivity contribution in [2.24, 2.45) is 11.7 Å². The highest BCUT2D eigenvalue weighted by atomic mass is 32.2. The van der Waals surface area contributed by atoms with Crippen LogP contribution in [-0.4, -0.2) is 55.8 Å². The first-order chi connectivity index (χ1) is 12.8. The van der Waals surface area contributed by atoms with Gasteiger partial charge in [0.25, 0.3) is 0 Å². The molecule has 1 aromatic rings. The van der Waals surface area contributed by atoms with Crippen LogP contribution in [0.2, 0.25) is 0 Å².